The molecule has 5 nitrogen and oxygen atoms in total. The number of carbonyl (C=O) groups excluding carboxylic acids is 2. The Morgan fingerprint density at radius 1 is 1.11 bits per heavy atom. The Kier molecular flexibility index (Phi) is 7.17. The van der Waals surface area contributed by atoms with Gasteiger partial charge in [-0.3, -0.25) is 4.79 Å². The third-order valence-electron chi connectivity index (χ3n) is 3.99. The van der Waals surface area contributed by atoms with E-state index in [0.29, 0.717) is 17.4 Å². The molecule has 2 rings (SSSR count). The second kappa shape index (κ2) is 9.57. The summed E-state index contributed by atoms with van der Waals surface area (Å²) < 4.78 is 10.2. The second-order valence-electron chi connectivity index (χ2n) is 6.51. The van der Waals surface area contributed by atoms with E-state index in [0.717, 1.165) is 11.1 Å². The van der Waals surface area contributed by atoms with Crippen molar-refractivity contribution in [3.05, 3.63) is 65.2 Å². The highest BCUT2D eigenvalue weighted by Gasteiger charge is 2.09. The van der Waals surface area contributed by atoms with Gasteiger partial charge in [-0.25, -0.2) is 4.79 Å². The maximum absolute atomic E-state index is 12.0. The standard InChI is InChI=1S/C22H25NO4/c1-15(2)18-9-6-17(7-10-18)8-12-22(25)27-14-21(24)23-19-13-16(3)5-11-20(19)26-4/h5-13,15H,14H2,1-4H3,(H,23,24)/b12-8+. The van der Waals surface area contributed by atoms with E-state index in [1.807, 2.05) is 37.3 Å². The number of ether oxygens (including phenoxy) is 2. The van der Waals surface area contributed by atoms with Gasteiger partial charge in [0.05, 0.1) is 12.8 Å². The molecule has 0 aromatic heterocycles. The number of aryl methyl sites for hydroxylation is 1. The molecule has 142 valence electrons. The van der Waals surface area contributed by atoms with Crippen LogP contribution in [0.5, 0.6) is 5.75 Å². The molecule has 0 radical (unpaired) electrons. The summed E-state index contributed by atoms with van der Waals surface area (Å²) in [6.45, 7) is 5.79. The van der Waals surface area contributed by atoms with Crippen LogP contribution in [0, 0.1) is 6.92 Å². The summed E-state index contributed by atoms with van der Waals surface area (Å²) in [5, 5.41) is 2.68. The summed E-state index contributed by atoms with van der Waals surface area (Å²) in [5.41, 5.74) is 3.65. The smallest absolute Gasteiger partial charge is 0.331 e. The Bertz CT molecular complexity index is 823. The third-order valence-corrected chi connectivity index (χ3v) is 3.99. The van der Waals surface area contributed by atoms with Crippen molar-refractivity contribution in [3.63, 3.8) is 0 Å². The van der Waals surface area contributed by atoms with Crippen LogP contribution in [-0.2, 0) is 14.3 Å². The molecule has 0 aliphatic carbocycles. The van der Waals surface area contributed by atoms with Gasteiger partial charge in [-0.1, -0.05) is 44.2 Å². The van der Waals surface area contributed by atoms with E-state index in [4.69, 9.17) is 9.47 Å². The molecular weight excluding hydrogens is 342 g/mol. The van der Waals surface area contributed by atoms with E-state index < -0.39 is 11.9 Å². The van der Waals surface area contributed by atoms with E-state index in [1.165, 1.54) is 18.7 Å². The van der Waals surface area contributed by atoms with E-state index >= 15 is 0 Å². The highest BCUT2D eigenvalue weighted by atomic mass is 16.5. The molecular formula is C22H25NO4. The maximum Gasteiger partial charge on any atom is 0.331 e. The van der Waals surface area contributed by atoms with Gasteiger partial charge in [-0.05, 0) is 47.7 Å². The van der Waals surface area contributed by atoms with Gasteiger partial charge in [-0.2, -0.15) is 0 Å². The predicted octanol–water partition coefficient (Wildman–Crippen LogP) is 4.32. The molecule has 0 bridgehead atoms. The van der Waals surface area contributed by atoms with Crippen molar-refractivity contribution in [1.82, 2.24) is 0 Å². The Morgan fingerprint density at radius 3 is 2.44 bits per heavy atom. The normalized spacial score (nSPS) is 10.9. The van der Waals surface area contributed by atoms with Crippen LogP contribution in [0.4, 0.5) is 5.69 Å². The van der Waals surface area contributed by atoms with Crippen LogP contribution in [0.15, 0.2) is 48.5 Å². The lowest BCUT2D eigenvalue weighted by molar-refractivity contribution is -0.142. The van der Waals surface area contributed by atoms with E-state index in [-0.39, 0.29) is 6.61 Å². The number of carbonyl (C=O) groups is 2. The lowest BCUT2D eigenvalue weighted by Crippen LogP contribution is -2.20. The fourth-order valence-corrected chi connectivity index (χ4v) is 2.45. The topological polar surface area (TPSA) is 64.6 Å². The van der Waals surface area contributed by atoms with Gasteiger partial charge in [0.25, 0.3) is 5.91 Å². The van der Waals surface area contributed by atoms with Crippen molar-refractivity contribution < 1.29 is 19.1 Å². The van der Waals surface area contributed by atoms with Crippen molar-refractivity contribution in [1.29, 1.82) is 0 Å². The summed E-state index contributed by atoms with van der Waals surface area (Å²) in [6, 6.07) is 13.4. The number of amides is 1. The van der Waals surface area contributed by atoms with Gasteiger partial charge in [-0.15, -0.1) is 0 Å². The minimum atomic E-state index is -0.575. The molecule has 0 atom stereocenters. The van der Waals surface area contributed by atoms with Crippen LogP contribution in [-0.4, -0.2) is 25.6 Å². The van der Waals surface area contributed by atoms with Crippen molar-refractivity contribution >= 4 is 23.6 Å². The zero-order chi connectivity index (χ0) is 19.8. The molecule has 0 aliphatic heterocycles. The molecule has 0 heterocycles. The second-order valence-corrected chi connectivity index (χ2v) is 6.51. The first-order valence-corrected chi connectivity index (χ1v) is 8.78. The van der Waals surface area contributed by atoms with E-state index in [9.17, 15) is 9.59 Å². The van der Waals surface area contributed by atoms with Gasteiger partial charge in [0, 0.05) is 6.08 Å². The summed E-state index contributed by atoms with van der Waals surface area (Å²) in [4.78, 5) is 23.8. The highest BCUT2D eigenvalue weighted by Crippen LogP contribution is 2.25. The third kappa shape index (κ3) is 6.29. The highest BCUT2D eigenvalue weighted by molar-refractivity contribution is 5.95. The zero-order valence-corrected chi connectivity index (χ0v) is 16.1. The lowest BCUT2D eigenvalue weighted by atomic mass is 10.0. The molecule has 0 unspecified atom stereocenters. The molecule has 0 fully saturated rings. The molecule has 0 saturated heterocycles. The van der Waals surface area contributed by atoms with Crippen LogP contribution in [0.3, 0.4) is 0 Å². The Morgan fingerprint density at radius 2 is 1.81 bits per heavy atom. The first kappa shape index (κ1) is 20.2. The minimum Gasteiger partial charge on any atom is -0.495 e. The van der Waals surface area contributed by atoms with E-state index in [2.05, 4.69) is 19.2 Å². The molecule has 1 N–H and O–H groups in total. The number of nitrogens with one attached hydrogen (secondary N) is 1. The predicted molar refractivity (Wildman–Crippen MR) is 107 cm³/mol. The Balaban J connectivity index is 1.86. The van der Waals surface area contributed by atoms with Crippen LogP contribution in [0.1, 0.15) is 36.5 Å². The fraction of sp³-hybridized carbons (Fsp3) is 0.273. The number of benzene rings is 2. The zero-order valence-electron chi connectivity index (χ0n) is 16.1. The molecule has 2 aromatic carbocycles. The summed E-state index contributed by atoms with van der Waals surface area (Å²) in [6.07, 6.45) is 2.97. The molecule has 0 spiro atoms. The number of methoxy groups -OCH3 is 1. The number of esters is 1. The molecule has 0 aliphatic rings. The van der Waals surface area contributed by atoms with Crippen molar-refractivity contribution in [3.8, 4) is 5.75 Å². The SMILES string of the molecule is COc1ccc(C)cc1NC(=O)COC(=O)/C=C/c1ccc(C(C)C)cc1. The van der Waals surface area contributed by atoms with Gasteiger partial charge in [0.15, 0.2) is 6.61 Å². The fourth-order valence-electron chi connectivity index (χ4n) is 2.45. The summed E-state index contributed by atoms with van der Waals surface area (Å²) in [5.74, 6) is -0.000204. The molecule has 1 amide bonds. The Labute approximate surface area is 160 Å². The van der Waals surface area contributed by atoms with Gasteiger partial charge in [0.1, 0.15) is 5.75 Å². The minimum absolute atomic E-state index is 0.368. The largest absolute Gasteiger partial charge is 0.495 e. The van der Waals surface area contributed by atoms with Crippen LogP contribution >= 0.6 is 0 Å². The molecule has 5 heteroatoms. The average Bonchev–Trinajstić information content (AvgIpc) is 2.65. The van der Waals surface area contributed by atoms with Crippen LogP contribution < -0.4 is 10.1 Å². The van der Waals surface area contributed by atoms with Crippen molar-refractivity contribution in [2.75, 3.05) is 19.0 Å². The average molecular weight is 367 g/mol. The molecule has 2 aromatic rings. The number of rotatable bonds is 7. The first-order valence-electron chi connectivity index (χ1n) is 8.78. The first-order chi connectivity index (χ1) is 12.9. The monoisotopic (exact) mass is 367 g/mol. The van der Waals surface area contributed by atoms with Crippen molar-refractivity contribution in [2.45, 2.75) is 26.7 Å². The van der Waals surface area contributed by atoms with Crippen LogP contribution in [0.25, 0.3) is 6.08 Å². The molecule has 27 heavy (non-hydrogen) atoms. The number of anilines is 1. The molecule has 0 saturated carbocycles. The maximum atomic E-state index is 12.0. The van der Waals surface area contributed by atoms with E-state index in [1.54, 1.807) is 18.2 Å². The van der Waals surface area contributed by atoms with Gasteiger partial charge >= 0.3 is 5.97 Å². The van der Waals surface area contributed by atoms with Crippen LogP contribution in [0.2, 0.25) is 0 Å². The summed E-state index contributed by atoms with van der Waals surface area (Å²) in [7, 11) is 1.53. The Hall–Kier alpha value is -3.08. The number of hydrogen-bond donors (Lipinski definition) is 1. The van der Waals surface area contributed by atoms with Crippen molar-refractivity contribution in [2.24, 2.45) is 0 Å². The van der Waals surface area contributed by atoms with Gasteiger partial charge < -0.3 is 14.8 Å². The summed E-state index contributed by atoms with van der Waals surface area (Å²) >= 11 is 0. The van der Waals surface area contributed by atoms with Gasteiger partial charge in [0.2, 0.25) is 0 Å². The quantitative estimate of drug-likeness (QED) is 0.585. The lowest BCUT2D eigenvalue weighted by Gasteiger charge is -2.10. The number of hydrogen-bond acceptors (Lipinski definition) is 4.